The Hall–Kier alpha value is -3.84. The van der Waals surface area contributed by atoms with Crippen LogP contribution in [-0.2, 0) is 4.79 Å². The third-order valence-corrected chi connectivity index (χ3v) is 4.70. The summed E-state index contributed by atoms with van der Waals surface area (Å²) in [6.45, 7) is -0.152. The fourth-order valence-corrected chi connectivity index (χ4v) is 2.99. The van der Waals surface area contributed by atoms with Crippen molar-refractivity contribution in [2.24, 2.45) is 0 Å². The lowest BCUT2D eigenvalue weighted by Crippen LogP contribution is -2.20. The van der Waals surface area contributed by atoms with Gasteiger partial charge in [0.2, 0.25) is 5.82 Å². The molecule has 0 spiro atoms. The highest BCUT2D eigenvalue weighted by atomic mass is 35.5. The number of halogens is 1. The van der Waals surface area contributed by atoms with Gasteiger partial charge >= 0.3 is 0 Å². The molecule has 0 atom stereocenters. The third kappa shape index (κ3) is 5.02. The first-order valence-corrected chi connectivity index (χ1v) is 9.76. The minimum Gasteiger partial charge on any atom is -0.497 e. The second-order valence-electron chi connectivity index (χ2n) is 6.50. The molecule has 0 aliphatic heterocycles. The van der Waals surface area contributed by atoms with Crippen molar-refractivity contribution in [3.05, 3.63) is 77.8 Å². The molecule has 1 N–H and O–H groups in total. The average molecular weight is 436 g/mol. The van der Waals surface area contributed by atoms with E-state index in [1.165, 1.54) is 0 Å². The van der Waals surface area contributed by atoms with Crippen LogP contribution in [0.2, 0.25) is 5.02 Å². The Morgan fingerprint density at radius 2 is 1.71 bits per heavy atom. The Kier molecular flexibility index (Phi) is 6.14. The molecule has 0 fully saturated rings. The fourth-order valence-electron chi connectivity index (χ4n) is 2.80. The molecule has 31 heavy (non-hydrogen) atoms. The molecule has 8 heteroatoms. The maximum Gasteiger partial charge on any atom is 0.262 e. The van der Waals surface area contributed by atoms with Gasteiger partial charge in [-0.2, -0.15) is 4.98 Å². The predicted molar refractivity (Wildman–Crippen MR) is 117 cm³/mol. The molecule has 4 aromatic rings. The number of nitrogens with one attached hydrogen (secondary N) is 1. The molecular formula is C23H18ClN3O4. The molecule has 0 bridgehead atoms. The highest BCUT2D eigenvalue weighted by Crippen LogP contribution is 2.25. The Balaban J connectivity index is 1.37. The first kappa shape index (κ1) is 20.4. The van der Waals surface area contributed by atoms with Crippen LogP contribution >= 0.6 is 11.6 Å². The number of methoxy groups -OCH3 is 1. The summed E-state index contributed by atoms with van der Waals surface area (Å²) in [7, 11) is 1.61. The van der Waals surface area contributed by atoms with Crippen LogP contribution in [0.25, 0.3) is 22.8 Å². The molecule has 0 unspecified atom stereocenters. The topological polar surface area (TPSA) is 86.5 Å². The van der Waals surface area contributed by atoms with Gasteiger partial charge < -0.3 is 19.3 Å². The molecule has 1 aromatic heterocycles. The summed E-state index contributed by atoms with van der Waals surface area (Å²) in [5, 5.41) is 7.24. The van der Waals surface area contributed by atoms with E-state index in [9.17, 15) is 4.79 Å². The number of ether oxygens (including phenoxy) is 2. The molecular weight excluding hydrogens is 418 g/mol. The van der Waals surface area contributed by atoms with Gasteiger partial charge in [0.1, 0.15) is 11.5 Å². The molecule has 7 nitrogen and oxygen atoms in total. The minimum atomic E-state index is -0.299. The molecule has 4 rings (SSSR count). The third-order valence-electron chi connectivity index (χ3n) is 4.39. The molecule has 0 saturated carbocycles. The van der Waals surface area contributed by atoms with Gasteiger partial charge in [0.25, 0.3) is 11.8 Å². The van der Waals surface area contributed by atoms with Crippen molar-refractivity contribution >= 4 is 23.2 Å². The van der Waals surface area contributed by atoms with Crippen molar-refractivity contribution in [3.63, 3.8) is 0 Å². The van der Waals surface area contributed by atoms with Gasteiger partial charge in [0, 0.05) is 16.8 Å². The van der Waals surface area contributed by atoms with Gasteiger partial charge in [0.15, 0.2) is 6.61 Å². The molecule has 0 aliphatic carbocycles. The van der Waals surface area contributed by atoms with Crippen LogP contribution in [0, 0.1) is 0 Å². The quantitative estimate of drug-likeness (QED) is 0.435. The summed E-state index contributed by atoms with van der Waals surface area (Å²) in [4.78, 5) is 16.6. The Bertz CT molecular complexity index is 1170. The summed E-state index contributed by atoms with van der Waals surface area (Å²) in [5.41, 5.74) is 2.17. The first-order valence-electron chi connectivity index (χ1n) is 9.38. The first-order chi connectivity index (χ1) is 15.1. The van der Waals surface area contributed by atoms with E-state index in [4.69, 9.17) is 25.6 Å². The van der Waals surface area contributed by atoms with Gasteiger partial charge in [0.05, 0.1) is 12.1 Å². The van der Waals surface area contributed by atoms with E-state index >= 15 is 0 Å². The number of rotatable bonds is 7. The SMILES string of the molecule is COc1ccc(-c2noc(-c3ccc(NC(=O)COc4ccccc4Cl)cc3)n2)cc1. The molecule has 0 radical (unpaired) electrons. The fraction of sp³-hybridized carbons (Fsp3) is 0.0870. The van der Waals surface area contributed by atoms with Crippen molar-refractivity contribution in [3.8, 4) is 34.3 Å². The maximum absolute atomic E-state index is 12.1. The van der Waals surface area contributed by atoms with Gasteiger partial charge in [-0.15, -0.1) is 0 Å². The number of nitrogens with zero attached hydrogens (tertiary/aromatic N) is 2. The van der Waals surface area contributed by atoms with Crippen molar-refractivity contribution in [1.82, 2.24) is 10.1 Å². The van der Waals surface area contributed by atoms with E-state index < -0.39 is 0 Å². The zero-order valence-corrected chi connectivity index (χ0v) is 17.3. The number of hydrogen-bond acceptors (Lipinski definition) is 6. The summed E-state index contributed by atoms with van der Waals surface area (Å²) >= 11 is 6.02. The van der Waals surface area contributed by atoms with Crippen LogP contribution in [0.1, 0.15) is 0 Å². The van der Waals surface area contributed by atoms with Gasteiger partial charge in [-0.3, -0.25) is 4.79 Å². The lowest BCUT2D eigenvalue weighted by molar-refractivity contribution is -0.118. The lowest BCUT2D eigenvalue weighted by Gasteiger charge is -2.08. The largest absolute Gasteiger partial charge is 0.497 e. The Morgan fingerprint density at radius 1 is 1.00 bits per heavy atom. The van der Waals surface area contributed by atoms with Crippen molar-refractivity contribution in [2.75, 3.05) is 19.0 Å². The summed E-state index contributed by atoms with van der Waals surface area (Å²) < 4.78 is 16.0. The van der Waals surface area contributed by atoms with Crippen molar-refractivity contribution in [1.29, 1.82) is 0 Å². The molecule has 1 heterocycles. The number of anilines is 1. The predicted octanol–water partition coefficient (Wildman–Crippen LogP) is 5.08. The summed E-state index contributed by atoms with van der Waals surface area (Å²) in [6.07, 6.45) is 0. The van der Waals surface area contributed by atoms with Gasteiger partial charge in [-0.1, -0.05) is 28.9 Å². The number of amides is 1. The summed E-state index contributed by atoms with van der Waals surface area (Å²) in [5.74, 6) is 1.77. The molecule has 3 aromatic carbocycles. The van der Waals surface area contributed by atoms with Crippen LogP contribution < -0.4 is 14.8 Å². The highest BCUT2D eigenvalue weighted by Gasteiger charge is 2.12. The number of aromatic nitrogens is 2. The van der Waals surface area contributed by atoms with Crippen LogP contribution in [0.5, 0.6) is 11.5 Å². The van der Waals surface area contributed by atoms with Crippen molar-refractivity contribution < 1.29 is 18.8 Å². The maximum atomic E-state index is 12.1. The second kappa shape index (κ2) is 9.32. The van der Waals surface area contributed by atoms with E-state index in [2.05, 4.69) is 15.5 Å². The van der Waals surface area contributed by atoms with E-state index in [1.54, 1.807) is 55.6 Å². The average Bonchev–Trinajstić information content (AvgIpc) is 3.29. The number of hydrogen-bond donors (Lipinski definition) is 1. The van der Waals surface area contributed by atoms with E-state index in [-0.39, 0.29) is 12.5 Å². The summed E-state index contributed by atoms with van der Waals surface area (Å²) in [6, 6.07) is 21.4. The van der Waals surface area contributed by atoms with Crippen LogP contribution in [-0.4, -0.2) is 29.8 Å². The van der Waals surface area contributed by atoms with Crippen LogP contribution in [0.15, 0.2) is 77.3 Å². The van der Waals surface area contributed by atoms with Crippen molar-refractivity contribution in [2.45, 2.75) is 0 Å². The van der Waals surface area contributed by atoms with Gasteiger partial charge in [-0.05, 0) is 60.7 Å². The number of carbonyl (C=O) groups is 1. The number of carbonyl (C=O) groups excluding carboxylic acids is 1. The smallest absolute Gasteiger partial charge is 0.262 e. The number of benzene rings is 3. The highest BCUT2D eigenvalue weighted by molar-refractivity contribution is 6.32. The molecule has 0 aliphatic rings. The standard InChI is InChI=1S/C23H18ClN3O4/c1-29-18-12-8-15(9-13-18)22-26-23(31-27-22)16-6-10-17(11-7-16)25-21(28)14-30-20-5-3-2-4-19(20)24/h2-13H,14H2,1H3,(H,25,28). The molecule has 0 saturated heterocycles. The zero-order valence-electron chi connectivity index (χ0n) is 16.5. The zero-order chi connectivity index (χ0) is 21.6. The normalized spacial score (nSPS) is 10.5. The monoisotopic (exact) mass is 435 g/mol. The Labute approximate surface area is 183 Å². The lowest BCUT2D eigenvalue weighted by atomic mass is 10.2. The second-order valence-corrected chi connectivity index (χ2v) is 6.90. The van der Waals surface area contributed by atoms with Crippen LogP contribution in [0.3, 0.4) is 0 Å². The van der Waals surface area contributed by atoms with Crippen LogP contribution in [0.4, 0.5) is 5.69 Å². The number of para-hydroxylation sites is 1. The van der Waals surface area contributed by atoms with E-state index in [0.717, 1.165) is 16.9 Å². The van der Waals surface area contributed by atoms with E-state index in [0.29, 0.717) is 28.2 Å². The van der Waals surface area contributed by atoms with E-state index in [1.807, 2.05) is 24.3 Å². The molecule has 1 amide bonds. The Morgan fingerprint density at radius 3 is 2.42 bits per heavy atom. The minimum absolute atomic E-state index is 0.152. The molecule has 156 valence electrons. The van der Waals surface area contributed by atoms with Gasteiger partial charge in [-0.25, -0.2) is 0 Å².